The molecule has 0 N–H and O–H groups in total. The molecule has 0 aromatic heterocycles. The van der Waals surface area contributed by atoms with Crippen molar-refractivity contribution in [2.24, 2.45) is 0 Å². The van der Waals surface area contributed by atoms with Gasteiger partial charge in [0.2, 0.25) is 5.91 Å². The van der Waals surface area contributed by atoms with E-state index in [0.29, 0.717) is 29.0 Å². The summed E-state index contributed by atoms with van der Waals surface area (Å²) in [5, 5.41) is 0. The van der Waals surface area contributed by atoms with E-state index in [1.807, 2.05) is 14.1 Å². The van der Waals surface area contributed by atoms with Gasteiger partial charge in [0.25, 0.3) is 0 Å². The summed E-state index contributed by atoms with van der Waals surface area (Å²) in [6.07, 6.45) is 2.30. The number of ketones is 1. The highest BCUT2D eigenvalue weighted by Crippen LogP contribution is 2.33. The third kappa shape index (κ3) is 3.64. The van der Waals surface area contributed by atoms with E-state index in [1.54, 1.807) is 42.0 Å². The van der Waals surface area contributed by atoms with Gasteiger partial charge in [-0.25, -0.2) is 0 Å². The van der Waals surface area contributed by atoms with Crippen LogP contribution in [0.5, 0.6) is 5.75 Å². The zero-order valence-corrected chi connectivity index (χ0v) is 14.5. The van der Waals surface area contributed by atoms with Crippen LogP contribution in [0.15, 0.2) is 30.0 Å². The van der Waals surface area contributed by atoms with E-state index in [4.69, 9.17) is 4.74 Å². The number of fused-ring (bicyclic) bond motifs is 1. The van der Waals surface area contributed by atoms with E-state index in [-0.39, 0.29) is 30.6 Å². The van der Waals surface area contributed by atoms with Gasteiger partial charge in [0.05, 0.1) is 12.2 Å². The number of hydrogen-bond acceptors (Lipinski definition) is 5. The van der Waals surface area contributed by atoms with Gasteiger partial charge in [-0.1, -0.05) is 13.8 Å². The number of nitrogens with zero attached hydrogens (tertiary/aromatic N) is 2. The van der Waals surface area contributed by atoms with Crippen LogP contribution in [-0.4, -0.2) is 43.2 Å². The molecule has 2 rings (SSSR count). The molecule has 6 heteroatoms. The standard InChI is InChI=1S/C18H22N2O4/c1-5-16(21)20-11-12(10-19(3)4)18(23)14-9-13(7-8-15(14)20)24-17(22)6-2/h7-10H,5-6,11H2,1-4H3/b12-10-. The van der Waals surface area contributed by atoms with E-state index >= 15 is 0 Å². The highest BCUT2D eigenvalue weighted by atomic mass is 16.5. The molecule has 0 unspecified atom stereocenters. The Morgan fingerprint density at radius 1 is 1.25 bits per heavy atom. The Morgan fingerprint density at radius 2 is 1.96 bits per heavy atom. The predicted molar refractivity (Wildman–Crippen MR) is 91.1 cm³/mol. The summed E-state index contributed by atoms with van der Waals surface area (Å²) in [5.41, 5.74) is 1.45. The molecule has 1 amide bonds. The van der Waals surface area contributed by atoms with Gasteiger partial charge in [-0.05, 0) is 18.2 Å². The number of hydrogen-bond donors (Lipinski definition) is 0. The fraction of sp³-hybridized carbons (Fsp3) is 0.389. The highest BCUT2D eigenvalue weighted by Gasteiger charge is 2.31. The van der Waals surface area contributed by atoms with Crippen LogP contribution in [0.1, 0.15) is 37.0 Å². The van der Waals surface area contributed by atoms with Crippen LogP contribution in [0.4, 0.5) is 5.69 Å². The Hall–Kier alpha value is -2.63. The number of anilines is 1. The topological polar surface area (TPSA) is 66.9 Å². The summed E-state index contributed by atoms with van der Waals surface area (Å²) in [5.74, 6) is -0.285. The maximum atomic E-state index is 12.7. The normalized spacial score (nSPS) is 15.2. The summed E-state index contributed by atoms with van der Waals surface area (Å²) in [7, 11) is 3.64. The van der Waals surface area contributed by atoms with Crippen molar-refractivity contribution in [1.29, 1.82) is 0 Å². The molecule has 0 bridgehead atoms. The Labute approximate surface area is 141 Å². The van der Waals surface area contributed by atoms with Crippen LogP contribution in [-0.2, 0) is 9.59 Å². The Bertz CT molecular complexity index is 707. The van der Waals surface area contributed by atoms with Gasteiger partial charge in [0, 0.05) is 44.3 Å². The number of rotatable bonds is 4. The summed E-state index contributed by atoms with van der Waals surface area (Å²) in [6.45, 7) is 3.72. The maximum Gasteiger partial charge on any atom is 0.310 e. The van der Waals surface area contributed by atoms with Crippen LogP contribution < -0.4 is 9.64 Å². The number of carbonyl (C=O) groups is 3. The predicted octanol–water partition coefficient (Wildman–Crippen LogP) is 2.39. The van der Waals surface area contributed by atoms with Crippen molar-refractivity contribution in [3.05, 3.63) is 35.5 Å². The molecule has 0 atom stereocenters. The second-order valence-electron chi connectivity index (χ2n) is 5.79. The van der Waals surface area contributed by atoms with Crippen molar-refractivity contribution in [2.45, 2.75) is 26.7 Å². The van der Waals surface area contributed by atoms with Gasteiger partial charge in [-0.15, -0.1) is 0 Å². The SMILES string of the molecule is CCC(=O)Oc1ccc2c(c1)C(=O)/C(=C\N(C)C)CN2C(=O)CC. The third-order valence-corrected chi connectivity index (χ3v) is 3.66. The molecule has 1 heterocycles. The summed E-state index contributed by atoms with van der Waals surface area (Å²) in [4.78, 5) is 39.8. The van der Waals surface area contributed by atoms with Crippen LogP contribution >= 0.6 is 0 Å². The van der Waals surface area contributed by atoms with E-state index in [9.17, 15) is 14.4 Å². The van der Waals surface area contributed by atoms with Gasteiger partial charge >= 0.3 is 5.97 Å². The first-order valence-electron chi connectivity index (χ1n) is 7.94. The van der Waals surface area contributed by atoms with E-state index in [1.165, 1.54) is 6.07 Å². The number of carbonyl (C=O) groups excluding carboxylic acids is 3. The molecule has 0 radical (unpaired) electrons. The average molecular weight is 330 g/mol. The van der Waals surface area contributed by atoms with Crippen LogP contribution in [0.2, 0.25) is 0 Å². The maximum absolute atomic E-state index is 12.7. The monoisotopic (exact) mass is 330 g/mol. The lowest BCUT2D eigenvalue weighted by Gasteiger charge is -2.30. The molecule has 1 aliphatic heterocycles. The fourth-order valence-electron chi connectivity index (χ4n) is 2.52. The molecule has 0 fully saturated rings. The van der Waals surface area contributed by atoms with Gasteiger partial charge in [-0.2, -0.15) is 0 Å². The number of esters is 1. The first-order chi connectivity index (χ1) is 11.4. The molecular weight excluding hydrogens is 308 g/mol. The molecule has 1 aliphatic rings. The smallest absolute Gasteiger partial charge is 0.310 e. The molecule has 1 aromatic carbocycles. The molecule has 0 spiro atoms. The van der Waals surface area contributed by atoms with Gasteiger partial charge in [-0.3, -0.25) is 14.4 Å². The first-order valence-corrected chi connectivity index (χ1v) is 7.94. The highest BCUT2D eigenvalue weighted by molar-refractivity contribution is 6.18. The second-order valence-corrected chi connectivity index (χ2v) is 5.79. The summed E-state index contributed by atoms with van der Waals surface area (Å²) >= 11 is 0. The fourth-order valence-corrected chi connectivity index (χ4v) is 2.52. The number of Topliss-reactive ketones (excluding diaryl/α,β-unsaturated/α-hetero) is 1. The number of ether oxygens (including phenoxy) is 1. The summed E-state index contributed by atoms with van der Waals surface area (Å²) < 4.78 is 5.19. The largest absolute Gasteiger partial charge is 0.427 e. The van der Waals surface area contributed by atoms with Crippen molar-refractivity contribution >= 4 is 23.3 Å². The first kappa shape index (κ1) is 17.7. The molecule has 6 nitrogen and oxygen atoms in total. The minimum Gasteiger partial charge on any atom is -0.427 e. The van der Waals surface area contributed by atoms with Crippen molar-refractivity contribution in [1.82, 2.24) is 4.90 Å². The van der Waals surface area contributed by atoms with Crippen molar-refractivity contribution < 1.29 is 19.1 Å². The van der Waals surface area contributed by atoms with Gasteiger partial charge in [0.1, 0.15) is 5.75 Å². The van der Waals surface area contributed by atoms with Crippen LogP contribution in [0.3, 0.4) is 0 Å². The molecule has 0 saturated carbocycles. The zero-order valence-electron chi connectivity index (χ0n) is 14.5. The second kappa shape index (κ2) is 7.29. The quantitative estimate of drug-likeness (QED) is 0.482. The summed E-state index contributed by atoms with van der Waals surface area (Å²) in [6, 6.07) is 4.80. The number of benzene rings is 1. The Balaban J connectivity index is 2.50. The molecule has 24 heavy (non-hydrogen) atoms. The molecule has 1 aromatic rings. The van der Waals surface area contributed by atoms with Crippen LogP contribution in [0.25, 0.3) is 0 Å². The van der Waals surface area contributed by atoms with Gasteiger partial charge < -0.3 is 14.5 Å². The van der Waals surface area contributed by atoms with Crippen molar-refractivity contribution in [3.63, 3.8) is 0 Å². The van der Waals surface area contributed by atoms with E-state index < -0.39 is 0 Å². The molecule has 128 valence electrons. The molecular formula is C18H22N2O4. The average Bonchev–Trinajstić information content (AvgIpc) is 2.56. The van der Waals surface area contributed by atoms with E-state index in [2.05, 4.69) is 0 Å². The van der Waals surface area contributed by atoms with Crippen molar-refractivity contribution in [2.75, 3.05) is 25.5 Å². The lowest BCUT2D eigenvalue weighted by Crippen LogP contribution is -2.39. The Morgan fingerprint density at radius 3 is 2.54 bits per heavy atom. The number of amides is 1. The van der Waals surface area contributed by atoms with Crippen molar-refractivity contribution in [3.8, 4) is 5.75 Å². The lowest BCUT2D eigenvalue weighted by atomic mass is 9.95. The Kier molecular flexibility index (Phi) is 5.39. The third-order valence-electron chi connectivity index (χ3n) is 3.66. The zero-order chi connectivity index (χ0) is 17.9. The minimum absolute atomic E-state index is 0.0632. The van der Waals surface area contributed by atoms with Gasteiger partial charge in [0.15, 0.2) is 5.78 Å². The van der Waals surface area contributed by atoms with E-state index in [0.717, 1.165) is 0 Å². The molecule has 0 saturated heterocycles. The molecule has 0 aliphatic carbocycles. The van der Waals surface area contributed by atoms with Crippen LogP contribution in [0, 0.1) is 0 Å². The lowest BCUT2D eigenvalue weighted by molar-refractivity contribution is -0.134. The minimum atomic E-state index is -0.372.